The number of anilines is 1. The number of amidine groups is 1. The summed E-state index contributed by atoms with van der Waals surface area (Å²) in [6, 6.07) is 6.71. The Hall–Kier alpha value is -3.44. The van der Waals surface area contributed by atoms with Crippen LogP contribution < -0.4 is 26.8 Å². The molecule has 2 aliphatic heterocycles. The second kappa shape index (κ2) is 14.0. The molecule has 1 unspecified atom stereocenters. The minimum absolute atomic E-state index is 0.0271. The number of aliphatic imine (C=N–C) groups is 1. The molecule has 222 valence electrons. The third-order valence-electron chi connectivity index (χ3n) is 6.68. The second-order valence-electron chi connectivity index (χ2n) is 9.93. The van der Waals surface area contributed by atoms with E-state index in [1.807, 2.05) is 12.1 Å². The number of hydrogen-bond acceptors (Lipinski definition) is 13. The fraction of sp³-hybridized carbons (Fsp3) is 0.480. The summed E-state index contributed by atoms with van der Waals surface area (Å²) < 4.78 is 19.5. The standard InChI is InChI=1S/C25H34N8O6S2/c1-25(2)20(23(35)33(25)39-41-36)31-22(34)19(18-14-40-24(27)30-18)32-38-12-11-37-17-8-6-15(7-9-17)21(26)29-13-16-5-3-4-10-28-16/h6-9,14,16,20,28,36H,3-5,10-13H2,1-2H3,(H2,26,29)(H2,27,30)(H,31,34)/b32-19-/t16?,20-/m1/s1. The predicted octanol–water partition coefficient (Wildman–Crippen LogP) is 1.53. The largest absolute Gasteiger partial charge is 0.490 e. The molecule has 14 nitrogen and oxygen atoms in total. The molecule has 7 N–H and O–H groups in total. The monoisotopic (exact) mass is 606 g/mol. The Morgan fingerprint density at radius 2 is 2.10 bits per heavy atom. The molecule has 0 spiro atoms. The van der Waals surface area contributed by atoms with Crippen LogP contribution in [0.4, 0.5) is 5.13 Å². The Bertz CT molecular complexity index is 1260. The van der Waals surface area contributed by atoms with Gasteiger partial charge in [0.2, 0.25) is 0 Å². The number of rotatable bonds is 13. The van der Waals surface area contributed by atoms with Crippen LogP contribution in [0.1, 0.15) is 44.4 Å². The van der Waals surface area contributed by atoms with Gasteiger partial charge in [0.25, 0.3) is 11.8 Å². The summed E-state index contributed by atoms with van der Waals surface area (Å²) in [5.41, 5.74) is 11.8. The van der Waals surface area contributed by atoms with E-state index in [9.17, 15) is 9.59 Å². The van der Waals surface area contributed by atoms with Gasteiger partial charge in [-0.3, -0.25) is 14.6 Å². The van der Waals surface area contributed by atoms with Crippen molar-refractivity contribution in [2.75, 3.05) is 32.0 Å². The number of nitrogens with one attached hydrogen (secondary N) is 2. The Labute approximate surface area is 245 Å². The second-order valence-corrected chi connectivity index (χ2v) is 11.1. The summed E-state index contributed by atoms with van der Waals surface area (Å²) in [6.45, 7) is 5.19. The summed E-state index contributed by atoms with van der Waals surface area (Å²) in [5, 5.41) is 12.8. The number of hydroxylamine groups is 2. The minimum Gasteiger partial charge on any atom is -0.490 e. The normalized spacial score (nSPS) is 20.9. The number of ether oxygens (including phenoxy) is 1. The van der Waals surface area contributed by atoms with E-state index in [4.69, 9.17) is 29.9 Å². The van der Waals surface area contributed by atoms with E-state index in [2.05, 4.69) is 25.8 Å². The zero-order valence-electron chi connectivity index (χ0n) is 22.7. The van der Waals surface area contributed by atoms with Crippen LogP contribution >= 0.6 is 23.7 Å². The lowest BCUT2D eigenvalue weighted by molar-refractivity contribution is -0.214. The van der Waals surface area contributed by atoms with E-state index in [0.29, 0.717) is 24.2 Å². The molecule has 1 aromatic heterocycles. The van der Waals surface area contributed by atoms with E-state index in [1.165, 1.54) is 12.8 Å². The van der Waals surface area contributed by atoms with Crippen molar-refractivity contribution in [2.45, 2.75) is 50.7 Å². The van der Waals surface area contributed by atoms with Gasteiger partial charge < -0.3 is 36.2 Å². The van der Waals surface area contributed by atoms with Crippen LogP contribution in [0.5, 0.6) is 5.75 Å². The van der Waals surface area contributed by atoms with Crippen molar-refractivity contribution >= 4 is 52.2 Å². The number of carbonyl (C=O) groups excluding carboxylic acids is 2. The van der Waals surface area contributed by atoms with Gasteiger partial charge >= 0.3 is 0 Å². The molecule has 16 heteroatoms. The van der Waals surface area contributed by atoms with Gasteiger partial charge in [-0.15, -0.1) is 11.3 Å². The number of piperidine rings is 1. The minimum atomic E-state index is -0.919. The first-order valence-corrected chi connectivity index (χ1v) is 14.6. The number of benzene rings is 1. The highest BCUT2D eigenvalue weighted by Crippen LogP contribution is 2.33. The molecule has 0 saturated carbocycles. The average molecular weight is 607 g/mol. The van der Waals surface area contributed by atoms with Crippen LogP contribution in [-0.4, -0.2) is 81.9 Å². The average Bonchev–Trinajstić information content (AvgIpc) is 3.41. The predicted molar refractivity (Wildman–Crippen MR) is 156 cm³/mol. The molecular weight excluding hydrogens is 572 g/mol. The molecule has 2 amide bonds. The lowest BCUT2D eigenvalue weighted by atomic mass is 9.84. The third kappa shape index (κ3) is 7.65. The van der Waals surface area contributed by atoms with Crippen molar-refractivity contribution < 1.29 is 28.0 Å². The lowest BCUT2D eigenvalue weighted by Crippen LogP contribution is -2.76. The summed E-state index contributed by atoms with van der Waals surface area (Å²) >= 11 is 1.17. The molecule has 1 aromatic carbocycles. The maximum Gasteiger partial charge on any atom is 0.276 e. The van der Waals surface area contributed by atoms with Crippen LogP contribution in [0.2, 0.25) is 0 Å². The number of aromatic nitrogens is 1. The number of carbonyl (C=O) groups is 2. The summed E-state index contributed by atoms with van der Waals surface area (Å²) in [5.74, 6) is -0.133. The third-order valence-corrected chi connectivity index (χ3v) is 7.57. The molecule has 41 heavy (non-hydrogen) atoms. The first-order valence-electron chi connectivity index (χ1n) is 13.0. The Morgan fingerprint density at radius 3 is 2.73 bits per heavy atom. The molecule has 4 rings (SSSR count). The number of nitrogens with two attached hydrogens (primary N) is 2. The van der Waals surface area contributed by atoms with Crippen molar-refractivity contribution in [1.29, 1.82) is 0 Å². The Morgan fingerprint density at radius 1 is 1.32 bits per heavy atom. The summed E-state index contributed by atoms with van der Waals surface area (Å²) in [4.78, 5) is 39.4. The molecule has 2 fully saturated rings. The molecule has 0 bridgehead atoms. The van der Waals surface area contributed by atoms with E-state index in [-0.39, 0.29) is 42.1 Å². The highest BCUT2D eigenvalue weighted by molar-refractivity contribution is 7.88. The smallest absolute Gasteiger partial charge is 0.276 e. The molecule has 2 saturated heterocycles. The van der Waals surface area contributed by atoms with Gasteiger partial charge in [0, 0.05) is 17.0 Å². The van der Waals surface area contributed by atoms with E-state index in [0.717, 1.165) is 34.9 Å². The van der Waals surface area contributed by atoms with Gasteiger partial charge in [0.15, 0.2) is 29.8 Å². The van der Waals surface area contributed by atoms with Gasteiger partial charge in [0.05, 0.1) is 12.1 Å². The van der Waals surface area contributed by atoms with E-state index in [1.54, 1.807) is 31.4 Å². The van der Waals surface area contributed by atoms with Crippen molar-refractivity contribution in [3.05, 3.63) is 40.9 Å². The zero-order chi connectivity index (χ0) is 29.4. The van der Waals surface area contributed by atoms with Gasteiger partial charge in [-0.25, -0.2) is 4.98 Å². The van der Waals surface area contributed by atoms with Crippen molar-refractivity contribution in [3.8, 4) is 5.75 Å². The summed E-state index contributed by atoms with van der Waals surface area (Å²) in [7, 11) is 0. The van der Waals surface area contributed by atoms with Crippen LogP contribution in [0.25, 0.3) is 0 Å². The van der Waals surface area contributed by atoms with Crippen molar-refractivity contribution in [1.82, 2.24) is 20.7 Å². The van der Waals surface area contributed by atoms with Crippen LogP contribution in [-0.2, 0) is 18.7 Å². The molecule has 2 atom stereocenters. The maximum atomic E-state index is 13.0. The first kappa shape index (κ1) is 30.5. The fourth-order valence-corrected chi connectivity index (χ4v) is 5.25. The Balaban J connectivity index is 1.29. The molecular formula is C25H34N8O6S2. The Kier molecular flexibility index (Phi) is 10.4. The highest BCUT2D eigenvalue weighted by atomic mass is 32.2. The molecule has 0 aliphatic carbocycles. The maximum absolute atomic E-state index is 13.0. The van der Waals surface area contributed by atoms with Crippen molar-refractivity contribution in [2.24, 2.45) is 15.9 Å². The topological polar surface area (TPSA) is 199 Å². The number of hydrogen-bond donors (Lipinski definition) is 5. The van der Waals surface area contributed by atoms with Gasteiger partial charge in [0.1, 0.15) is 29.9 Å². The fourth-order valence-electron chi connectivity index (χ4n) is 4.37. The molecule has 3 heterocycles. The van der Waals surface area contributed by atoms with Gasteiger partial charge in [-0.2, -0.15) is 9.35 Å². The zero-order valence-corrected chi connectivity index (χ0v) is 24.4. The molecule has 2 aliphatic rings. The number of nitrogen functional groups attached to an aromatic ring is 1. The van der Waals surface area contributed by atoms with Crippen LogP contribution in [0.15, 0.2) is 39.8 Å². The van der Waals surface area contributed by atoms with E-state index >= 15 is 0 Å². The molecule has 0 radical (unpaired) electrons. The van der Waals surface area contributed by atoms with Crippen LogP contribution in [0.3, 0.4) is 0 Å². The summed E-state index contributed by atoms with van der Waals surface area (Å²) in [6.07, 6.45) is 3.52. The van der Waals surface area contributed by atoms with Crippen LogP contribution in [0, 0.1) is 0 Å². The van der Waals surface area contributed by atoms with Gasteiger partial charge in [-0.1, -0.05) is 11.6 Å². The SMILES string of the molecule is CC1(C)[C@H](NC(=O)/C(=N\OCCOc2ccc(C(N)=NCC3CCCCN3)cc2)c2csc(N)n2)C(=O)N1OSO. The number of amides is 2. The number of nitrogens with zero attached hydrogens (tertiary/aromatic N) is 4. The number of β-lactam (4-membered cyclic amide) rings is 1. The number of thiazole rings is 1. The lowest BCUT2D eigenvalue weighted by Gasteiger charge is -2.50. The van der Waals surface area contributed by atoms with Crippen molar-refractivity contribution in [3.63, 3.8) is 0 Å². The van der Waals surface area contributed by atoms with E-state index < -0.39 is 23.4 Å². The number of oxime groups is 1. The quantitative estimate of drug-likeness (QED) is 0.0553. The highest BCUT2D eigenvalue weighted by Gasteiger charge is 2.57. The first-order chi connectivity index (χ1) is 19.7. The molecule has 2 aromatic rings. The van der Waals surface area contributed by atoms with Gasteiger partial charge in [-0.05, 0) is 57.5 Å².